The summed E-state index contributed by atoms with van der Waals surface area (Å²) in [6.07, 6.45) is 1.62. The third-order valence-electron chi connectivity index (χ3n) is 5.55. The van der Waals surface area contributed by atoms with Crippen molar-refractivity contribution < 1.29 is 13.2 Å². The van der Waals surface area contributed by atoms with Crippen molar-refractivity contribution in [1.82, 2.24) is 10.3 Å². The van der Waals surface area contributed by atoms with Gasteiger partial charge in [0.15, 0.2) is 0 Å². The number of halogens is 3. The van der Waals surface area contributed by atoms with Gasteiger partial charge in [0.05, 0.1) is 5.56 Å². The minimum absolute atomic E-state index is 0.0127. The van der Waals surface area contributed by atoms with Crippen LogP contribution in [0, 0.1) is 5.92 Å². The van der Waals surface area contributed by atoms with E-state index in [1.165, 1.54) is 12.1 Å². The van der Waals surface area contributed by atoms with Gasteiger partial charge in [0.25, 0.3) is 0 Å². The molecular weight excluding hydrogens is 351 g/mol. The van der Waals surface area contributed by atoms with Gasteiger partial charge in [-0.15, -0.1) is 0 Å². The van der Waals surface area contributed by atoms with Gasteiger partial charge in [-0.2, -0.15) is 13.2 Å². The number of alkyl halides is 3. The SMILES string of the molecule is FC(F)(F)c1cccc([C@H](NC2CCN(c3ccccn3)CC2)C2CC2)c1. The average Bonchev–Trinajstić information content (AvgIpc) is 3.52. The lowest BCUT2D eigenvalue weighted by atomic mass is 9.96. The van der Waals surface area contributed by atoms with Gasteiger partial charge >= 0.3 is 6.18 Å². The highest BCUT2D eigenvalue weighted by molar-refractivity contribution is 5.38. The Balaban J connectivity index is 1.42. The predicted octanol–water partition coefficient (Wildman–Crippen LogP) is 4.81. The number of aromatic nitrogens is 1. The Morgan fingerprint density at radius 1 is 1.00 bits per heavy atom. The summed E-state index contributed by atoms with van der Waals surface area (Å²) in [5, 5.41) is 3.67. The van der Waals surface area contributed by atoms with Crippen LogP contribution in [0.15, 0.2) is 48.7 Å². The first-order chi connectivity index (χ1) is 13.0. The second-order valence-corrected chi connectivity index (χ2v) is 7.55. The summed E-state index contributed by atoms with van der Waals surface area (Å²) in [6.45, 7) is 1.82. The van der Waals surface area contributed by atoms with Crippen molar-refractivity contribution >= 4 is 5.82 Å². The van der Waals surface area contributed by atoms with Crippen LogP contribution in [0.4, 0.5) is 19.0 Å². The Hall–Kier alpha value is -2.08. The minimum Gasteiger partial charge on any atom is -0.357 e. The van der Waals surface area contributed by atoms with Crippen LogP contribution in [0.5, 0.6) is 0 Å². The van der Waals surface area contributed by atoms with Gasteiger partial charge in [0.1, 0.15) is 5.82 Å². The fraction of sp³-hybridized carbons (Fsp3) is 0.476. The number of piperidine rings is 1. The van der Waals surface area contributed by atoms with E-state index in [4.69, 9.17) is 0 Å². The van der Waals surface area contributed by atoms with E-state index in [2.05, 4.69) is 15.2 Å². The molecule has 1 aliphatic heterocycles. The monoisotopic (exact) mass is 375 g/mol. The van der Waals surface area contributed by atoms with Crippen molar-refractivity contribution in [1.29, 1.82) is 0 Å². The van der Waals surface area contributed by atoms with Gasteiger partial charge in [0.2, 0.25) is 0 Å². The number of rotatable bonds is 5. The van der Waals surface area contributed by atoms with E-state index in [1.54, 1.807) is 6.20 Å². The lowest BCUT2D eigenvalue weighted by Gasteiger charge is -2.35. The van der Waals surface area contributed by atoms with Gasteiger partial charge in [-0.05, 0) is 61.4 Å². The lowest BCUT2D eigenvalue weighted by molar-refractivity contribution is -0.137. The van der Waals surface area contributed by atoms with Crippen LogP contribution >= 0.6 is 0 Å². The van der Waals surface area contributed by atoms with Gasteiger partial charge in [-0.25, -0.2) is 4.98 Å². The Morgan fingerprint density at radius 2 is 1.78 bits per heavy atom. The average molecular weight is 375 g/mol. The van der Waals surface area contributed by atoms with Crippen molar-refractivity contribution in [2.24, 2.45) is 5.92 Å². The normalized spacial score (nSPS) is 19.9. The molecule has 6 heteroatoms. The van der Waals surface area contributed by atoms with Crippen molar-refractivity contribution in [3.8, 4) is 0 Å². The van der Waals surface area contributed by atoms with E-state index in [0.717, 1.165) is 56.2 Å². The number of anilines is 1. The topological polar surface area (TPSA) is 28.2 Å². The number of benzene rings is 1. The summed E-state index contributed by atoms with van der Waals surface area (Å²) < 4.78 is 39.2. The van der Waals surface area contributed by atoms with Crippen LogP contribution in [-0.4, -0.2) is 24.1 Å². The Kier molecular flexibility index (Phi) is 5.08. The molecule has 1 N–H and O–H groups in total. The number of hydrogen-bond donors (Lipinski definition) is 1. The van der Waals surface area contributed by atoms with Crippen molar-refractivity contribution in [2.45, 2.75) is 43.9 Å². The molecule has 27 heavy (non-hydrogen) atoms. The van der Waals surface area contributed by atoms with E-state index in [9.17, 15) is 13.2 Å². The molecule has 2 aliphatic rings. The zero-order chi connectivity index (χ0) is 18.9. The molecular formula is C21H24F3N3. The smallest absolute Gasteiger partial charge is 0.357 e. The molecule has 1 atom stereocenters. The van der Waals surface area contributed by atoms with Crippen molar-refractivity contribution in [3.63, 3.8) is 0 Å². The molecule has 0 radical (unpaired) electrons. The van der Waals surface area contributed by atoms with Crippen LogP contribution in [0.25, 0.3) is 0 Å². The van der Waals surface area contributed by atoms with Gasteiger partial charge in [0, 0.05) is 31.4 Å². The van der Waals surface area contributed by atoms with Crippen LogP contribution < -0.4 is 10.2 Å². The zero-order valence-corrected chi connectivity index (χ0v) is 15.1. The maximum Gasteiger partial charge on any atom is 0.416 e. The molecule has 1 aromatic carbocycles. The van der Waals surface area contributed by atoms with Crippen LogP contribution in [0.1, 0.15) is 42.9 Å². The molecule has 4 rings (SSSR count). The predicted molar refractivity (Wildman–Crippen MR) is 99.5 cm³/mol. The first-order valence-corrected chi connectivity index (χ1v) is 9.60. The number of hydrogen-bond acceptors (Lipinski definition) is 3. The van der Waals surface area contributed by atoms with Crippen molar-refractivity contribution in [2.75, 3.05) is 18.0 Å². The van der Waals surface area contributed by atoms with Crippen LogP contribution in [-0.2, 0) is 6.18 Å². The minimum atomic E-state index is -4.29. The highest BCUT2D eigenvalue weighted by Gasteiger charge is 2.36. The molecule has 0 bridgehead atoms. The fourth-order valence-corrected chi connectivity index (χ4v) is 3.91. The van der Waals surface area contributed by atoms with E-state index in [0.29, 0.717) is 12.0 Å². The third-order valence-corrected chi connectivity index (χ3v) is 5.55. The van der Waals surface area contributed by atoms with E-state index in [1.807, 2.05) is 24.3 Å². The lowest BCUT2D eigenvalue weighted by Crippen LogP contribution is -2.44. The van der Waals surface area contributed by atoms with E-state index in [-0.39, 0.29) is 6.04 Å². The number of nitrogens with one attached hydrogen (secondary N) is 1. The third kappa shape index (κ3) is 4.43. The van der Waals surface area contributed by atoms with Crippen molar-refractivity contribution in [3.05, 3.63) is 59.8 Å². The van der Waals surface area contributed by atoms with Crippen LogP contribution in [0.2, 0.25) is 0 Å². The number of pyridine rings is 1. The molecule has 144 valence electrons. The first-order valence-electron chi connectivity index (χ1n) is 9.60. The molecule has 1 saturated heterocycles. The molecule has 2 heterocycles. The molecule has 2 fully saturated rings. The molecule has 0 unspecified atom stereocenters. The van der Waals surface area contributed by atoms with E-state index >= 15 is 0 Å². The Labute approximate surface area is 157 Å². The Morgan fingerprint density at radius 3 is 2.41 bits per heavy atom. The van der Waals surface area contributed by atoms with Gasteiger partial charge in [-0.3, -0.25) is 0 Å². The van der Waals surface area contributed by atoms with E-state index < -0.39 is 11.7 Å². The molecule has 1 aliphatic carbocycles. The maximum absolute atomic E-state index is 13.1. The molecule has 3 nitrogen and oxygen atoms in total. The van der Waals surface area contributed by atoms with Gasteiger partial charge < -0.3 is 10.2 Å². The summed E-state index contributed by atoms with van der Waals surface area (Å²) in [7, 11) is 0. The largest absolute Gasteiger partial charge is 0.416 e. The quantitative estimate of drug-likeness (QED) is 0.813. The first kappa shape index (κ1) is 18.3. The fourth-order valence-electron chi connectivity index (χ4n) is 3.91. The summed E-state index contributed by atoms with van der Waals surface area (Å²) >= 11 is 0. The summed E-state index contributed by atoms with van der Waals surface area (Å²) in [6, 6.07) is 12.1. The number of nitrogens with zero attached hydrogens (tertiary/aromatic N) is 2. The summed E-state index contributed by atoms with van der Waals surface area (Å²) in [4.78, 5) is 6.68. The molecule has 2 aromatic rings. The second kappa shape index (κ2) is 7.50. The molecule has 0 spiro atoms. The molecule has 0 amide bonds. The molecule has 1 aromatic heterocycles. The van der Waals surface area contributed by atoms with Crippen LogP contribution in [0.3, 0.4) is 0 Å². The van der Waals surface area contributed by atoms with Gasteiger partial charge in [-0.1, -0.05) is 18.2 Å². The highest BCUT2D eigenvalue weighted by Crippen LogP contribution is 2.42. The zero-order valence-electron chi connectivity index (χ0n) is 15.1. The maximum atomic E-state index is 13.1. The second-order valence-electron chi connectivity index (χ2n) is 7.55. The molecule has 1 saturated carbocycles. The standard InChI is InChI=1S/C21H24F3N3/c22-21(23,24)17-5-3-4-16(14-17)20(15-7-8-15)26-18-9-12-27(13-10-18)19-6-1-2-11-25-19/h1-6,11,14-15,18,20,26H,7-10,12-13H2/t20-/m1/s1. The Bertz CT molecular complexity index is 751. The summed E-state index contributed by atoms with van der Waals surface area (Å²) in [5.74, 6) is 1.44. The summed E-state index contributed by atoms with van der Waals surface area (Å²) in [5.41, 5.74) is 0.205. The highest BCUT2D eigenvalue weighted by atomic mass is 19.4.